The number of ether oxygens (including phenoxy) is 5. The lowest BCUT2D eigenvalue weighted by Crippen LogP contribution is -2.66. The van der Waals surface area contributed by atoms with Gasteiger partial charge in [0.05, 0.1) is 37.4 Å². The lowest BCUT2D eigenvalue weighted by molar-refractivity contribution is -0.232. The third-order valence-electron chi connectivity index (χ3n) is 10.2. The van der Waals surface area contributed by atoms with E-state index in [1.807, 2.05) is 0 Å². The lowest BCUT2D eigenvalue weighted by Gasteiger charge is -2.58. The summed E-state index contributed by atoms with van der Waals surface area (Å²) in [6.45, 7) is 4.03. The monoisotopic (exact) mass is 544 g/mol. The van der Waals surface area contributed by atoms with Gasteiger partial charge in [-0.1, -0.05) is 30.7 Å². The van der Waals surface area contributed by atoms with Gasteiger partial charge in [0.1, 0.15) is 36.1 Å². The van der Waals surface area contributed by atoms with Gasteiger partial charge in [-0.3, -0.25) is 0 Å². The highest BCUT2D eigenvalue weighted by atomic mass is 16.6. The minimum absolute atomic E-state index is 0.0131. The number of carbonyl (C=O) groups excluding carboxylic acids is 2. The van der Waals surface area contributed by atoms with Crippen molar-refractivity contribution in [1.29, 1.82) is 0 Å². The summed E-state index contributed by atoms with van der Waals surface area (Å²) >= 11 is 0. The molecule has 1 saturated carbocycles. The molecule has 4 fully saturated rings. The average molecular weight is 545 g/mol. The normalized spacial score (nSPS) is 49.1. The zero-order valence-electron chi connectivity index (χ0n) is 22.2. The molecule has 0 aromatic heterocycles. The van der Waals surface area contributed by atoms with Crippen LogP contribution in [0.15, 0.2) is 47.6 Å². The van der Waals surface area contributed by atoms with Gasteiger partial charge in [0.15, 0.2) is 0 Å². The molecule has 6 aliphatic rings. The van der Waals surface area contributed by atoms with Gasteiger partial charge in [-0.05, 0) is 37.8 Å². The van der Waals surface area contributed by atoms with E-state index >= 15 is 0 Å². The summed E-state index contributed by atoms with van der Waals surface area (Å²) in [5.41, 5.74) is -2.21. The van der Waals surface area contributed by atoms with Crippen LogP contribution in [0.3, 0.4) is 0 Å². The predicted molar refractivity (Wildman–Crippen MR) is 135 cm³/mol. The number of carbonyl (C=O) groups is 2. The van der Waals surface area contributed by atoms with Crippen LogP contribution < -0.4 is 0 Å². The van der Waals surface area contributed by atoms with Crippen LogP contribution in [-0.4, -0.2) is 95.4 Å². The second kappa shape index (κ2) is 9.36. The highest BCUT2D eigenvalue weighted by molar-refractivity contribution is 5.83. The van der Waals surface area contributed by atoms with Gasteiger partial charge in [0.25, 0.3) is 0 Å². The van der Waals surface area contributed by atoms with Crippen molar-refractivity contribution in [3.05, 3.63) is 47.6 Å². The van der Waals surface area contributed by atoms with Crippen LogP contribution in [0.1, 0.15) is 39.5 Å². The third kappa shape index (κ3) is 3.76. The molecule has 0 aromatic rings. The van der Waals surface area contributed by atoms with Crippen LogP contribution in [0.5, 0.6) is 0 Å². The third-order valence-corrected chi connectivity index (χ3v) is 10.2. The minimum atomic E-state index is -1.72. The number of aliphatic hydroxyl groups excluding tert-OH is 3. The van der Waals surface area contributed by atoms with Gasteiger partial charge in [0, 0.05) is 24.0 Å². The molecule has 0 radical (unpaired) electrons. The largest absolute Gasteiger partial charge is 0.462 e. The summed E-state index contributed by atoms with van der Waals surface area (Å²) in [6, 6.07) is 0. The Bertz CT molecular complexity index is 1170. The molecule has 3 saturated heterocycles. The first kappa shape index (κ1) is 26.9. The van der Waals surface area contributed by atoms with E-state index in [2.05, 4.69) is 19.9 Å². The summed E-state index contributed by atoms with van der Waals surface area (Å²) in [5.74, 6) is -1.20. The van der Waals surface area contributed by atoms with Gasteiger partial charge in [0.2, 0.25) is 0 Å². The van der Waals surface area contributed by atoms with Crippen molar-refractivity contribution in [2.75, 3.05) is 26.4 Å². The van der Waals surface area contributed by atoms with Crippen LogP contribution in [0, 0.1) is 10.8 Å². The molecule has 4 heterocycles. The SMILES string of the molecule is CC1=CC2OC3CC4OC(=O)/C=C\C=C/C5(C(O)CO)OCC/C(=C/C(=O)OCC2(CC1)C4(C)C31CO1)C5O. The van der Waals surface area contributed by atoms with Crippen molar-refractivity contribution in [2.45, 2.75) is 81.3 Å². The number of hydrogen-bond acceptors (Lipinski definition) is 10. The fourth-order valence-electron chi connectivity index (χ4n) is 7.72. The molecule has 0 amide bonds. The number of fused-ring (bicyclic) bond motifs is 2. The van der Waals surface area contributed by atoms with E-state index in [0.29, 0.717) is 25.0 Å². The maximum Gasteiger partial charge on any atom is 0.331 e. The van der Waals surface area contributed by atoms with E-state index in [-0.39, 0.29) is 31.8 Å². The molecule has 10 nitrogen and oxygen atoms in total. The van der Waals surface area contributed by atoms with Gasteiger partial charge in [-0.2, -0.15) is 0 Å². The molecule has 10 heteroatoms. The van der Waals surface area contributed by atoms with Crippen LogP contribution >= 0.6 is 0 Å². The first-order chi connectivity index (χ1) is 18.6. The summed E-state index contributed by atoms with van der Waals surface area (Å²) in [7, 11) is 0. The molecule has 4 bridgehead atoms. The molecule has 6 rings (SSSR count). The Balaban J connectivity index is 1.43. The van der Waals surface area contributed by atoms with Crippen LogP contribution in [0.2, 0.25) is 0 Å². The van der Waals surface area contributed by atoms with Crippen molar-refractivity contribution in [1.82, 2.24) is 0 Å². The zero-order chi connectivity index (χ0) is 27.6. The maximum atomic E-state index is 13.2. The van der Waals surface area contributed by atoms with Gasteiger partial charge < -0.3 is 39.0 Å². The van der Waals surface area contributed by atoms with Crippen LogP contribution in [0.4, 0.5) is 0 Å². The Morgan fingerprint density at radius 2 is 1.90 bits per heavy atom. The standard InChI is InChI=1S/C29H36O10/c1-17-6-9-27-15-35-24(33)12-18-7-10-36-28(25(18)34,19(31)14-30)8-4-3-5-23(32)39-20-13-22(38-21(27)11-17)29(16-37-29)26(20,27)2/h3-5,8,11-12,19-22,25,30-31,34H,6-7,9-10,13-16H2,1-2H3/b5-3-,8-4-,18-12-. The summed E-state index contributed by atoms with van der Waals surface area (Å²) in [4.78, 5) is 26.3. The predicted octanol–water partition coefficient (Wildman–Crippen LogP) is 1.04. The first-order valence-electron chi connectivity index (χ1n) is 13.6. The van der Waals surface area contributed by atoms with E-state index < -0.39 is 58.9 Å². The van der Waals surface area contributed by atoms with E-state index in [1.54, 1.807) is 0 Å². The second-order valence-electron chi connectivity index (χ2n) is 11.9. The van der Waals surface area contributed by atoms with Gasteiger partial charge in [-0.25, -0.2) is 9.59 Å². The number of allylic oxidation sites excluding steroid dienone is 3. The fourth-order valence-corrected chi connectivity index (χ4v) is 7.72. The molecule has 4 aliphatic heterocycles. The molecule has 9 unspecified atom stereocenters. The maximum absolute atomic E-state index is 13.2. The fraction of sp³-hybridized carbons (Fsp3) is 0.655. The van der Waals surface area contributed by atoms with E-state index in [9.17, 15) is 24.9 Å². The Labute approximate surface area is 226 Å². The molecule has 212 valence electrons. The van der Waals surface area contributed by atoms with E-state index in [0.717, 1.165) is 6.42 Å². The van der Waals surface area contributed by atoms with Crippen molar-refractivity contribution >= 4 is 11.9 Å². The van der Waals surface area contributed by atoms with Gasteiger partial charge in [-0.15, -0.1) is 0 Å². The molecular formula is C29H36O10. The molecule has 39 heavy (non-hydrogen) atoms. The van der Waals surface area contributed by atoms with Crippen molar-refractivity contribution in [3.8, 4) is 0 Å². The zero-order valence-corrected chi connectivity index (χ0v) is 22.2. The summed E-state index contributed by atoms with van der Waals surface area (Å²) in [5, 5.41) is 31.5. The Kier molecular flexibility index (Phi) is 6.45. The molecule has 2 aliphatic carbocycles. The smallest absolute Gasteiger partial charge is 0.331 e. The molecular weight excluding hydrogens is 508 g/mol. The number of rotatable bonds is 2. The first-order valence-corrected chi connectivity index (χ1v) is 13.6. The molecule has 3 N–H and O–H groups in total. The number of hydrogen-bond donors (Lipinski definition) is 3. The van der Waals surface area contributed by atoms with Crippen LogP contribution in [-0.2, 0) is 33.3 Å². The number of epoxide rings is 1. The van der Waals surface area contributed by atoms with Crippen molar-refractivity contribution in [3.63, 3.8) is 0 Å². The molecule has 9 atom stereocenters. The molecule has 0 aromatic carbocycles. The molecule has 2 spiro atoms. The minimum Gasteiger partial charge on any atom is -0.462 e. The quantitative estimate of drug-likeness (QED) is 0.262. The van der Waals surface area contributed by atoms with Crippen LogP contribution in [0.25, 0.3) is 0 Å². The summed E-state index contributed by atoms with van der Waals surface area (Å²) in [6.07, 6.45) is 6.99. The Morgan fingerprint density at radius 1 is 1.10 bits per heavy atom. The lowest BCUT2D eigenvalue weighted by atomic mass is 9.51. The highest BCUT2D eigenvalue weighted by Gasteiger charge is 2.83. The van der Waals surface area contributed by atoms with E-state index in [4.69, 9.17) is 23.7 Å². The summed E-state index contributed by atoms with van der Waals surface area (Å²) < 4.78 is 30.5. The topological polar surface area (TPSA) is 144 Å². The average Bonchev–Trinajstić information content (AvgIpc) is 3.69. The van der Waals surface area contributed by atoms with Crippen molar-refractivity contribution < 1.29 is 48.6 Å². The Morgan fingerprint density at radius 3 is 2.64 bits per heavy atom. The van der Waals surface area contributed by atoms with E-state index in [1.165, 1.54) is 36.0 Å². The number of aliphatic hydroxyl groups is 3. The number of esters is 2. The van der Waals surface area contributed by atoms with Crippen molar-refractivity contribution in [2.24, 2.45) is 10.8 Å². The number of cyclic esters (lactones) is 1. The Hall–Kier alpha value is -2.34. The second-order valence-corrected chi connectivity index (χ2v) is 11.9. The highest BCUT2D eigenvalue weighted by Crippen LogP contribution is 2.72. The van der Waals surface area contributed by atoms with Gasteiger partial charge >= 0.3 is 11.9 Å².